The van der Waals surface area contributed by atoms with Crippen molar-refractivity contribution in [1.82, 2.24) is 0 Å². The van der Waals surface area contributed by atoms with Crippen molar-refractivity contribution in [2.24, 2.45) is 0 Å². The van der Waals surface area contributed by atoms with Crippen molar-refractivity contribution in [2.45, 2.75) is 0 Å². The molecular formula is C14H10O4. The normalized spacial score (nSPS) is 11.4. The van der Waals surface area contributed by atoms with Crippen LogP contribution in [0.5, 0.6) is 0 Å². The first-order valence-corrected chi connectivity index (χ1v) is 5.20. The Hall–Kier alpha value is -2.46. The van der Waals surface area contributed by atoms with Crippen molar-refractivity contribution < 1.29 is 20.2 Å². The van der Waals surface area contributed by atoms with Crippen molar-refractivity contribution in [3.05, 3.63) is 59.2 Å². The molecule has 0 aromatic heterocycles. The summed E-state index contributed by atoms with van der Waals surface area (Å²) < 4.78 is 0. The third kappa shape index (κ3) is 1.43. The number of aromatic carboxylic acids is 1. The van der Waals surface area contributed by atoms with Crippen LogP contribution < -0.4 is 0 Å². The molecule has 3 rings (SSSR count). The van der Waals surface area contributed by atoms with E-state index < -0.39 is 5.97 Å². The van der Waals surface area contributed by atoms with Crippen LogP contribution in [0.25, 0.3) is 11.1 Å². The molecule has 4 nitrogen and oxygen atoms in total. The molecular weight excluding hydrogens is 232 g/mol. The van der Waals surface area contributed by atoms with E-state index in [1.165, 1.54) is 6.07 Å². The number of carboxylic acids is 1. The summed E-state index contributed by atoms with van der Waals surface area (Å²) >= 11 is 0. The Balaban J connectivity index is 0.00000120. The molecule has 0 saturated carbocycles. The molecule has 0 saturated heterocycles. The fourth-order valence-corrected chi connectivity index (χ4v) is 2.25. The highest BCUT2D eigenvalue weighted by Gasteiger charge is 2.30. The van der Waals surface area contributed by atoms with Crippen molar-refractivity contribution in [3.8, 4) is 11.1 Å². The first-order valence-electron chi connectivity index (χ1n) is 5.20. The molecule has 0 fully saturated rings. The lowest BCUT2D eigenvalue weighted by atomic mass is 10.0. The van der Waals surface area contributed by atoms with Gasteiger partial charge in [-0.1, -0.05) is 36.4 Å². The Kier molecular flexibility index (Phi) is 2.73. The van der Waals surface area contributed by atoms with Crippen molar-refractivity contribution in [3.63, 3.8) is 0 Å². The maximum atomic E-state index is 12.1. The predicted molar refractivity (Wildman–Crippen MR) is 65.9 cm³/mol. The Labute approximate surface area is 103 Å². The summed E-state index contributed by atoms with van der Waals surface area (Å²) in [5.74, 6) is -1.27. The van der Waals surface area contributed by atoms with E-state index in [0.29, 0.717) is 16.7 Å². The molecule has 1 aliphatic carbocycles. The zero-order chi connectivity index (χ0) is 12.0. The molecule has 0 bridgehead atoms. The number of ketones is 1. The molecule has 3 N–H and O–H groups in total. The summed E-state index contributed by atoms with van der Waals surface area (Å²) in [6.45, 7) is 0. The molecule has 2 aromatic rings. The summed E-state index contributed by atoms with van der Waals surface area (Å²) in [6.07, 6.45) is 0. The highest BCUT2D eigenvalue weighted by Crippen LogP contribution is 2.37. The van der Waals surface area contributed by atoms with E-state index in [-0.39, 0.29) is 16.8 Å². The van der Waals surface area contributed by atoms with Gasteiger partial charge in [-0.3, -0.25) is 4.79 Å². The Bertz CT molecular complexity index is 659. The van der Waals surface area contributed by atoms with Crippen LogP contribution in [0.2, 0.25) is 0 Å². The van der Waals surface area contributed by atoms with Crippen molar-refractivity contribution in [1.29, 1.82) is 0 Å². The second-order valence-electron chi connectivity index (χ2n) is 3.91. The minimum Gasteiger partial charge on any atom is -0.478 e. The fraction of sp³-hybridized carbons (Fsp3) is 0. The van der Waals surface area contributed by atoms with E-state index in [1.807, 2.05) is 12.1 Å². The van der Waals surface area contributed by atoms with Crippen LogP contribution >= 0.6 is 0 Å². The largest absolute Gasteiger partial charge is 0.478 e. The molecule has 0 unspecified atom stereocenters. The molecule has 0 heterocycles. The average molecular weight is 242 g/mol. The van der Waals surface area contributed by atoms with E-state index in [9.17, 15) is 9.59 Å². The number of rotatable bonds is 1. The molecule has 0 radical (unpaired) electrons. The molecule has 0 aliphatic heterocycles. The molecule has 4 heteroatoms. The number of benzene rings is 2. The lowest BCUT2D eigenvalue weighted by Gasteiger charge is -2.02. The zero-order valence-electron chi connectivity index (χ0n) is 9.31. The SMILES string of the molecule is O.O=C(O)c1cccc2c1C(=O)c1ccccc1-2. The van der Waals surface area contributed by atoms with Gasteiger partial charge in [-0.25, -0.2) is 4.79 Å². The number of fused-ring (bicyclic) bond motifs is 3. The van der Waals surface area contributed by atoms with Gasteiger partial charge in [0.15, 0.2) is 5.78 Å². The third-order valence-corrected chi connectivity index (χ3v) is 2.98. The molecule has 1 aliphatic rings. The minimum atomic E-state index is -1.07. The van der Waals surface area contributed by atoms with Gasteiger partial charge in [0, 0.05) is 11.1 Å². The fourth-order valence-electron chi connectivity index (χ4n) is 2.25. The zero-order valence-corrected chi connectivity index (χ0v) is 9.31. The summed E-state index contributed by atoms with van der Waals surface area (Å²) in [5, 5.41) is 9.09. The van der Waals surface area contributed by atoms with Crippen LogP contribution in [-0.2, 0) is 0 Å². The van der Waals surface area contributed by atoms with Crippen LogP contribution in [0, 0.1) is 0 Å². The highest BCUT2D eigenvalue weighted by atomic mass is 16.4. The first-order chi connectivity index (χ1) is 8.20. The maximum Gasteiger partial charge on any atom is 0.336 e. The van der Waals surface area contributed by atoms with Crippen molar-refractivity contribution in [2.75, 3.05) is 0 Å². The Morgan fingerprint density at radius 3 is 2.17 bits per heavy atom. The quantitative estimate of drug-likeness (QED) is 0.705. The van der Waals surface area contributed by atoms with E-state index in [2.05, 4.69) is 0 Å². The molecule has 0 atom stereocenters. The second kappa shape index (κ2) is 4.09. The molecule has 18 heavy (non-hydrogen) atoms. The predicted octanol–water partition coefficient (Wildman–Crippen LogP) is 1.77. The molecule has 0 spiro atoms. The van der Waals surface area contributed by atoms with E-state index in [0.717, 1.165) is 5.56 Å². The number of hydrogen-bond acceptors (Lipinski definition) is 2. The minimum absolute atomic E-state index is 0. The van der Waals surface area contributed by atoms with Gasteiger partial charge in [0.25, 0.3) is 0 Å². The van der Waals surface area contributed by atoms with Gasteiger partial charge in [0.05, 0.1) is 5.56 Å². The van der Waals surface area contributed by atoms with Crippen LogP contribution in [0.15, 0.2) is 42.5 Å². The van der Waals surface area contributed by atoms with E-state index >= 15 is 0 Å². The molecule has 2 aromatic carbocycles. The van der Waals surface area contributed by atoms with Gasteiger partial charge >= 0.3 is 5.97 Å². The van der Waals surface area contributed by atoms with Crippen LogP contribution in [0.3, 0.4) is 0 Å². The van der Waals surface area contributed by atoms with E-state index in [1.54, 1.807) is 24.3 Å². The second-order valence-corrected chi connectivity index (χ2v) is 3.91. The van der Waals surface area contributed by atoms with Gasteiger partial charge in [0.1, 0.15) is 0 Å². The van der Waals surface area contributed by atoms with Gasteiger partial charge in [-0.15, -0.1) is 0 Å². The Morgan fingerprint density at radius 1 is 0.889 bits per heavy atom. The van der Waals surface area contributed by atoms with Crippen LogP contribution in [-0.4, -0.2) is 22.3 Å². The van der Waals surface area contributed by atoms with Gasteiger partial charge in [-0.05, 0) is 17.2 Å². The average Bonchev–Trinajstić information content (AvgIpc) is 2.64. The lowest BCUT2D eigenvalue weighted by Crippen LogP contribution is -2.06. The first kappa shape index (κ1) is 12.0. The number of carbonyl (C=O) groups is 2. The van der Waals surface area contributed by atoms with E-state index in [4.69, 9.17) is 5.11 Å². The topological polar surface area (TPSA) is 85.9 Å². The van der Waals surface area contributed by atoms with Crippen LogP contribution in [0.4, 0.5) is 0 Å². The lowest BCUT2D eigenvalue weighted by molar-refractivity contribution is 0.0693. The Morgan fingerprint density at radius 2 is 1.50 bits per heavy atom. The standard InChI is InChI=1S/C14H8O3.H2O/c15-13-10-5-2-1-4-8(10)9-6-3-7-11(12(9)13)14(16)17;/h1-7H,(H,16,17);1H2. The summed E-state index contributed by atoms with van der Waals surface area (Å²) in [4.78, 5) is 23.3. The highest BCUT2D eigenvalue weighted by molar-refractivity contribution is 6.25. The summed E-state index contributed by atoms with van der Waals surface area (Å²) in [6, 6.07) is 12.1. The summed E-state index contributed by atoms with van der Waals surface area (Å²) in [5.41, 5.74) is 2.49. The van der Waals surface area contributed by atoms with Crippen LogP contribution in [0.1, 0.15) is 26.3 Å². The smallest absolute Gasteiger partial charge is 0.336 e. The number of carboxylic acid groups (broad SMARTS) is 1. The van der Waals surface area contributed by atoms with Gasteiger partial charge < -0.3 is 10.6 Å². The molecule has 90 valence electrons. The summed E-state index contributed by atoms with van der Waals surface area (Å²) in [7, 11) is 0. The number of carbonyl (C=O) groups excluding carboxylic acids is 1. The maximum absolute atomic E-state index is 12.1. The van der Waals surface area contributed by atoms with Crippen molar-refractivity contribution >= 4 is 11.8 Å². The third-order valence-electron chi connectivity index (χ3n) is 2.98. The monoisotopic (exact) mass is 242 g/mol. The van der Waals surface area contributed by atoms with Gasteiger partial charge in [-0.2, -0.15) is 0 Å². The number of hydrogen-bond donors (Lipinski definition) is 1. The molecule has 0 amide bonds. The van der Waals surface area contributed by atoms with Gasteiger partial charge in [0.2, 0.25) is 0 Å².